The summed E-state index contributed by atoms with van der Waals surface area (Å²) in [5, 5.41) is 0.345. The fourth-order valence-corrected chi connectivity index (χ4v) is 7.12. The molecule has 0 radical (unpaired) electrons. The van der Waals surface area contributed by atoms with Crippen LogP contribution in [0.3, 0.4) is 0 Å². The van der Waals surface area contributed by atoms with Crippen molar-refractivity contribution in [2.45, 2.75) is 63.1 Å². The second-order valence-corrected chi connectivity index (χ2v) is 13.2. The number of carbonyl (C=O) groups excluding carboxylic acids is 2. The zero-order chi connectivity index (χ0) is 27.7. The number of rotatable bonds is 2. The Labute approximate surface area is 226 Å². The van der Waals surface area contributed by atoms with Crippen LogP contribution < -0.4 is 9.64 Å². The molecule has 0 aromatic heterocycles. The summed E-state index contributed by atoms with van der Waals surface area (Å²) < 4.78 is 54.6. The predicted molar refractivity (Wildman–Crippen MR) is 138 cm³/mol. The van der Waals surface area contributed by atoms with Crippen LogP contribution >= 0.6 is 11.6 Å². The first kappa shape index (κ1) is 26.7. The standard InChI is InChI=1S/C26H29ClFN3O6S/c1-14-6-8-18(28)21-15(2)22(24(32)36-23(14)21)31-13-30(17-11-29(12-17)25(33)37-26(3,4)5)19-10-16(27)7-9-20(19)38(31,34)35/h6-10,15,17,22H,11-13H2,1-5H3/t15-,22+/m1/s1. The topological polar surface area (TPSA) is 96.5 Å². The van der Waals surface area contributed by atoms with Crippen molar-refractivity contribution < 1.29 is 31.9 Å². The fourth-order valence-electron chi connectivity index (χ4n) is 5.17. The van der Waals surface area contributed by atoms with Crippen LogP contribution in [0.5, 0.6) is 5.75 Å². The van der Waals surface area contributed by atoms with Gasteiger partial charge in [0, 0.05) is 29.6 Å². The van der Waals surface area contributed by atoms with Crippen molar-refractivity contribution in [1.29, 1.82) is 0 Å². The number of benzene rings is 2. The van der Waals surface area contributed by atoms with Gasteiger partial charge in [-0.3, -0.25) is 0 Å². The van der Waals surface area contributed by atoms with Crippen molar-refractivity contribution in [3.63, 3.8) is 0 Å². The maximum absolute atomic E-state index is 14.9. The van der Waals surface area contributed by atoms with E-state index in [1.807, 2.05) is 4.90 Å². The summed E-state index contributed by atoms with van der Waals surface area (Å²) in [6.45, 7) is 9.03. The number of esters is 1. The number of aryl methyl sites for hydroxylation is 1. The van der Waals surface area contributed by atoms with Gasteiger partial charge in [-0.25, -0.2) is 22.4 Å². The number of hydrogen-bond donors (Lipinski definition) is 0. The second-order valence-electron chi connectivity index (χ2n) is 10.9. The summed E-state index contributed by atoms with van der Waals surface area (Å²) in [6.07, 6.45) is -0.464. The molecule has 3 aliphatic rings. The molecule has 5 rings (SSSR count). The highest BCUT2D eigenvalue weighted by Gasteiger charge is 2.51. The largest absolute Gasteiger partial charge is 0.444 e. The molecule has 0 spiro atoms. The third kappa shape index (κ3) is 4.40. The lowest BCUT2D eigenvalue weighted by atomic mass is 9.88. The molecule has 1 amide bonds. The Hall–Kier alpha value is -2.89. The molecule has 1 fully saturated rings. The Morgan fingerprint density at radius 2 is 1.87 bits per heavy atom. The molecule has 0 aliphatic carbocycles. The van der Waals surface area contributed by atoms with E-state index in [9.17, 15) is 22.4 Å². The van der Waals surface area contributed by atoms with Gasteiger partial charge in [0.15, 0.2) is 0 Å². The maximum atomic E-state index is 14.9. The summed E-state index contributed by atoms with van der Waals surface area (Å²) in [5.41, 5.74) is 0.472. The quantitative estimate of drug-likeness (QED) is 0.396. The highest BCUT2D eigenvalue weighted by atomic mass is 35.5. The molecule has 0 N–H and O–H groups in total. The zero-order valence-corrected chi connectivity index (χ0v) is 23.3. The molecule has 0 bridgehead atoms. The van der Waals surface area contributed by atoms with E-state index in [2.05, 4.69) is 0 Å². The molecular weight excluding hydrogens is 537 g/mol. The Morgan fingerprint density at radius 1 is 1.18 bits per heavy atom. The normalized spacial score (nSPS) is 23.3. The van der Waals surface area contributed by atoms with Gasteiger partial charge in [0.05, 0.1) is 18.4 Å². The molecule has 0 unspecified atom stereocenters. The molecule has 204 valence electrons. The number of hydrogen-bond acceptors (Lipinski definition) is 7. The minimum Gasteiger partial charge on any atom is -0.444 e. The Morgan fingerprint density at radius 3 is 2.53 bits per heavy atom. The van der Waals surface area contributed by atoms with Crippen LogP contribution in [0.1, 0.15) is 44.7 Å². The van der Waals surface area contributed by atoms with E-state index in [4.69, 9.17) is 21.1 Å². The summed E-state index contributed by atoms with van der Waals surface area (Å²) in [7, 11) is -4.19. The first-order valence-corrected chi connectivity index (χ1v) is 14.1. The van der Waals surface area contributed by atoms with Crippen molar-refractivity contribution in [2.24, 2.45) is 0 Å². The van der Waals surface area contributed by atoms with Gasteiger partial charge in [0.2, 0.25) is 10.0 Å². The molecule has 3 heterocycles. The number of amides is 1. The van der Waals surface area contributed by atoms with Gasteiger partial charge in [-0.1, -0.05) is 24.6 Å². The Balaban J connectivity index is 1.51. The highest BCUT2D eigenvalue weighted by molar-refractivity contribution is 7.89. The first-order chi connectivity index (χ1) is 17.7. The number of likely N-dealkylation sites (tertiary alicyclic amines) is 1. The van der Waals surface area contributed by atoms with E-state index in [0.29, 0.717) is 16.3 Å². The molecule has 2 aromatic rings. The predicted octanol–water partition coefficient (Wildman–Crippen LogP) is 4.27. The van der Waals surface area contributed by atoms with Crippen molar-refractivity contribution >= 4 is 39.4 Å². The van der Waals surface area contributed by atoms with Crippen molar-refractivity contribution in [3.8, 4) is 5.75 Å². The summed E-state index contributed by atoms with van der Waals surface area (Å²) >= 11 is 6.24. The third-order valence-electron chi connectivity index (χ3n) is 7.09. The molecule has 3 aliphatic heterocycles. The van der Waals surface area contributed by atoms with Crippen molar-refractivity contribution in [2.75, 3.05) is 24.7 Å². The molecule has 12 heteroatoms. The van der Waals surface area contributed by atoms with Crippen molar-refractivity contribution in [3.05, 3.63) is 52.3 Å². The molecular formula is C26H29ClFN3O6S. The van der Waals surface area contributed by atoms with Crippen LogP contribution in [0, 0.1) is 12.7 Å². The summed E-state index contributed by atoms with van der Waals surface area (Å²) in [6, 6.07) is 5.66. The van der Waals surface area contributed by atoms with Gasteiger partial charge in [0.25, 0.3) is 0 Å². The average Bonchev–Trinajstić information content (AvgIpc) is 2.76. The number of sulfonamides is 1. The van der Waals surface area contributed by atoms with Crippen molar-refractivity contribution in [1.82, 2.24) is 9.21 Å². The molecule has 38 heavy (non-hydrogen) atoms. The smallest absolute Gasteiger partial charge is 0.410 e. The number of carbonyl (C=O) groups is 2. The average molecular weight is 566 g/mol. The van der Waals surface area contributed by atoms with Gasteiger partial charge in [0.1, 0.15) is 28.1 Å². The lowest BCUT2D eigenvalue weighted by Gasteiger charge is -2.51. The third-order valence-corrected chi connectivity index (χ3v) is 9.18. The van der Waals surface area contributed by atoms with E-state index in [1.54, 1.807) is 40.7 Å². The monoisotopic (exact) mass is 565 g/mol. The Kier molecular flexibility index (Phi) is 6.39. The molecule has 1 saturated heterocycles. The van der Waals surface area contributed by atoms with Crippen LogP contribution in [0.15, 0.2) is 35.2 Å². The number of nitrogens with zero attached hydrogens (tertiary/aromatic N) is 3. The minimum absolute atomic E-state index is 0.0284. The summed E-state index contributed by atoms with van der Waals surface area (Å²) in [4.78, 5) is 29.1. The van der Waals surface area contributed by atoms with E-state index < -0.39 is 45.5 Å². The van der Waals surface area contributed by atoms with E-state index in [1.165, 1.54) is 29.2 Å². The summed E-state index contributed by atoms with van der Waals surface area (Å²) in [5.74, 6) is -2.02. The molecule has 9 nitrogen and oxygen atoms in total. The van der Waals surface area contributed by atoms with Gasteiger partial charge >= 0.3 is 12.1 Å². The maximum Gasteiger partial charge on any atom is 0.410 e. The molecule has 2 aromatic carbocycles. The minimum atomic E-state index is -4.19. The number of halogens is 2. The van der Waals surface area contributed by atoms with Gasteiger partial charge in [-0.05, 0) is 57.5 Å². The van der Waals surface area contributed by atoms with Gasteiger partial charge < -0.3 is 19.3 Å². The molecule has 0 saturated carbocycles. The Bertz CT molecular complexity index is 1440. The van der Waals surface area contributed by atoms with Crippen LogP contribution in [0.25, 0.3) is 0 Å². The van der Waals surface area contributed by atoms with Gasteiger partial charge in [-0.2, -0.15) is 4.31 Å². The van der Waals surface area contributed by atoms with Crippen LogP contribution in [0.2, 0.25) is 5.02 Å². The zero-order valence-electron chi connectivity index (χ0n) is 21.7. The number of ether oxygens (including phenoxy) is 2. The van der Waals surface area contributed by atoms with E-state index >= 15 is 0 Å². The lowest BCUT2D eigenvalue weighted by molar-refractivity contribution is -0.141. The van der Waals surface area contributed by atoms with E-state index in [-0.39, 0.29) is 42.0 Å². The van der Waals surface area contributed by atoms with Crippen LogP contribution in [-0.4, -0.2) is 67.1 Å². The van der Waals surface area contributed by atoms with Crippen LogP contribution in [0.4, 0.5) is 14.9 Å². The highest BCUT2D eigenvalue weighted by Crippen LogP contribution is 2.45. The second kappa shape index (κ2) is 9.10. The fraction of sp³-hybridized carbons (Fsp3) is 0.462. The molecule has 2 atom stereocenters. The first-order valence-electron chi connectivity index (χ1n) is 12.3. The SMILES string of the molecule is Cc1ccc(F)c2c1OC(=O)[C@@H](N1CN(C3CN(C(=O)OC(C)(C)C)C3)c3cc(Cl)ccc3S1(=O)=O)[C@@H]2C. The van der Waals surface area contributed by atoms with Gasteiger partial charge in [-0.15, -0.1) is 0 Å². The van der Waals surface area contributed by atoms with Crippen LogP contribution in [-0.2, 0) is 19.6 Å². The number of fused-ring (bicyclic) bond motifs is 2. The lowest BCUT2D eigenvalue weighted by Crippen LogP contribution is -2.66. The number of anilines is 1. The van der Waals surface area contributed by atoms with E-state index in [0.717, 1.165) is 4.31 Å².